The van der Waals surface area contributed by atoms with Crippen LogP contribution in [-0.4, -0.2) is 4.98 Å². The van der Waals surface area contributed by atoms with Gasteiger partial charge in [0.05, 0.1) is 6.20 Å². The van der Waals surface area contributed by atoms with Crippen molar-refractivity contribution in [3.05, 3.63) is 54.2 Å². The highest BCUT2D eigenvalue weighted by Crippen LogP contribution is 2.36. The first-order valence-corrected chi connectivity index (χ1v) is 12.7. The molecule has 2 nitrogen and oxygen atoms in total. The Morgan fingerprint density at radius 3 is 1.97 bits per heavy atom. The number of nitrogens with zero attached hydrogens (tertiary/aromatic N) is 1. The van der Waals surface area contributed by atoms with E-state index in [1.807, 2.05) is 0 Å². The van der Waals surface area contributed by atoms with Crippen LogP contribution in [0.5, 0.6) is 0 Å². The Morgan fingerprint density at radius 2 is 1.40 bits per heavy atom. The van der Waals surface area contributed by atoms with E-state index < -0.39 is 0 Å². The van der Waals surface area contributed by atoms with Crippen LogP contribution in [0.3, 0.4) is 0 Å². The second-order valence-electron chi connectivity index (χ2n) is 9.33. The van der Waals surface area contributed by atoms with Gasteiger partial charge < -0.3 is 4.42 Å². The zero-order valence-electron chi connectivity index (χ0n) is 19.8. The van der Waals surface area contributed by atoms with Crippen molar-refractivity contribution in [3.63, 3.8) is 0 Å². The summed E-state index contributed by atoms with van der Waals surface area (Å²) in [6.45, 7) is 7.02. The van der Waals surface area contributed by atoms with Crippen LogP contribution in [0.1, 0.15) is 128 Å². The van der Waals surface area contributed by atoms with E-state index in [9.17, 15) is 0 Å². The number of benzene rings is 1. The van der Waals surface area contributed by atoms with Crippen LogP contribution in [0.25, 0.3) is 0 Å². The highest BCUT2D eigenvalue weighted by molar-refractivity contribution is 5.19. The summed E-state index contributed by atoms with van der Waals surface area (Å²) >= 11 is 0. The molecule has 1 heterocycles. The normalized spacial score (nSPS) is 14.5. The first-order chi connectivity index (χ1) is 14.7. The van der Waals surface area contributed by atoms with Gasteiger partial charge in [0.25, 0.3) is 0 Å². The molecular formula is C28H45NO. The van der Waals surface area contributed by atoms with Crippen LogP contribution in [-0.2, 0) is 0 Å². The van der Waals surface area contributed by atoms with Gasteiger partial charge in [-0.25, -0.2) is 4.98 Å². The summed E-state index contributed by atoms with van der Waals surface area (Å²) in [5, 5.41) is 0. The lowest BCUT2D eigenvalue weighted by Gasteiger charge is -2.24. The number of hydrogen-bond donors (Lipinski definition) is 0. The molecule has 0 aliphatic rings. The predicted molar refractivity (Wildman–Crippen MR) is 129 cm³/mol. The van der Waals surface area contributed by atoms with E-state index >= 15 is 0 Å². The van der Waals surface area contributed by atoms with Crippen molar-refractivity contribution < 1.29 is 4.42 Å². The lowest BCUT2D eigenvalue weighted by molar-refractivity contribution is 0.314. The Labute approximate surface area is 185 Å². The second kappa shape index (κ2) is 15.3. The number of oxazole rings is 1. The zero-order chi connectivity index (χ0) is 21.4. The van der Waals surface area contributed by atoms with Crippen LogP contribution >= 0.6 is 0 Å². The van der Waals surface area contributed by atoms with Crippen LogP contribution < -0.4 is 0 Å². The predicted octanol–water partition coefficient (Wildman–Crippen LogP) is 9.29. The van der Waals surface area contributed by atoms with Crippen molar-refractivity contribution in [1.82, 2.24) is 4.98 Å². The second-order valence-corrected chi connectivity index (χ2v) is 9.33. The highest BCUT2D eigenvalue weighted by atomic mass is 16.3. The molecule has 0 N–H and O–H groups in total. The molecule has 3 atom stereocenters. The summed E-state index contributed by atoms with van der Waals surface area (Å²) in [4.78, 5) is 4.52. The monoisotopic (exact) mass is 411 g/mol. The Hall–Kier alpha value is -1.57. The summed E-state index contributed by atoms with van der Waals surface area (Å²) in [5.74, 6) is 2.45. The molecule has 0 fully saturated rings. The van der Waals surface area contributed by atoms with Gasteiger partial charge >= 0.3 is 0 Å². The fourth-order valence-corrected chi connectivity index (χ4v) is 4.62. The minimum atomic E-state index is 0.401. The molecule has 2 rings (SSSR count). The fraction of sp³-hybridized carbons (Fsp3) is 0.679. The topological polar surface area (TPSA) is 26.0 Å². The van der Waals surface area contributed by atoms with E-state index in [4.69, 9.17) is 4.42 Å². The minimum Gasteiger partial charge on any atom is -0.449 e. The molecule has 2 heteroatoms. The molecule has 0 spiro atoms. The molecule has 168 valence electrons. The molecule has 2 aromatic rings. The number of hydrogen-bond acceptors (Lipinski definition) is 2. The highest BCUT2D eigenvalue weighted by Gasteiger charge is 2.25. The third-order valence-electron chi connectivity index (χ3n) is 6.69. The molecule has 30 heavy (non-hydrogen) atoms. The van der Waals surface area contributed by atoms with Crippen LogP contribution in [0, 0.1) is 5.92 Å². The van der Waals surface area contributed by atoms with Crippen molar-refractivity contribution in [2.75, 3.05) is 0 Å². The molecule has 0 bridgehead atoms. The zero-order valence-corrected chi connectivity index (χ0v) is 19.8. The minimum absolute atomic E-state index is 0.401. The van der Waals surface area contributed by atoms with Crippen molar-refractivity contribution in [3.8, 4) is 0 Å². The summed E-state index contributed by atoms with van der Waals surface area (Å²) in [7, 11) is 0. The Bertz CT molecular complexity index is 621. The average Bonchev–Trinajstić information content (AvgIpc) is 3.30. The molecule has 0 aliphatic carbocycles. The van der Waals surface area contributed by atoms with Crippen molar-refractivity contribution in [2.45, 2.75) is 116 Å². The standard InChI is InChI=1S/C28H45NO/c1-4-5-6-7-8-9-10-11-12-13-15-18-24(2)27(28-29-21-22-30-28)23-25(3)26-19-16-14-17-20-26/h14,16-17,19-22,24-25,27H,4-13,15,18,23H2,1-3H3. The van der Waals surface area contributed by atoms with Crippen LogP contribution in [0.4, 0.5) is 0 Å². The lowest BCUT2D eigenvalue weighted by Crippen LogP contribution is -2.13. The Kier molecular flexibility index (Phi) is 12.6. The molecule has 0 amide bonds. The van der Waals surface area contributed by atoms with E-state index in [2.05, 4.69) is 56.1 Å². The maximum absolute atomic E-state index is 5.75. The maximum Gasteiger partial charge on any atom is 0.197 e. The molecule has 0 saturated carbocycles. The molecule has 0 aliphatic heterocycles. The van der Waals surface area contributed by atoms with Gasteiger partial charge in [0.15, 0.2) is 5.89 Å². The van der Waals surface area contributed by atoms with Gasteiger partial charge in [-0.05, 0) is 30.2 Å². The van der Waals surface area contributed by atoms with Gasteiger partial charge in [0.2, 0.25) is 0 Å². The van der Waals surface area contributed by atoms with E-state index in [1.165, 1.54) is 82.6 Å². The van der Waals surface area contributed by atoms with Gasteiger partial charge in [0.1, 0.15) is 6.26 Å². The Morgan fingerprint density at radius 1 is 0.800 bits per heavy atom. The molecule has 0 saturated heterocycles. The van der Waals surface area contributed by atoms with E-state index in [1.54, 1.807) is 12.5 Å². The number of rotatable bonds is 17. The van der Waals surface area contributed by atoms with E-state index in [0.29, 0.717) is 17.8 Å². The van der Waals surface area contributed by atoms with Crippen molar-refractivity contribution in [2.24, 2.45) is 5.92 Å². The summed E-state index contributed by atoms with van der Waals surface area (Å²) in [6.07, 6.45) is 21.3. The molecule has 0 radical (unpaired) electrons. The number of unbranched alkanes of at least 4 members (excludes halogenated alkanes) is 10. The first kappa shape index (κ1) is 24.7. The fourth-order valence-electron chi connectivity index (χ4n) is 4.62. The first-order valence-electron chi connectivity index (χ1n) is 12.7. The SMILES string of the molecule is CCCCCCCCCCCCCC(C)C(CC(C)c1ccccc1)c1ncco1. The molecule has 1 aromatic heterocycles. The molecule has 3 unspecified atom stereocenters. The quantitative estimate of drug-likeness (QED) is 0.242. The van der Waals surface area contributed by atoms with E-state index in [-0.39, 0.29) is 0 Å². The number of aromatic nitrogens is 1. The van der Waals surface area contributed by atoms with Crippen molar-refractivity contribution >= 4 is 0 Å². The van der Waals surface area contributed by atoms with Crippen LogP contribution in [0.2, 0.25) is 0 Å². The van der Waals surface area contributed by atoms with Crippen molar-refractivity contribution in [1.29, 1.82) is 0 Å². The smallest absolute Gasteiger partial charge is 0.197 e. The summed E-state index contributed by atoms with van der Waals surface area (Å²) in [6, 6.07) is 10.9. The van der Waals surface area contributed by atoms with Gasteiger partial charge in [-0.1, -0.05) is 122 Å². The summed E-state index contributed by atoms with van der Waals surface area (Å²) in [5.41, 5.74) is 1.41. The third kappa shape index (κ3) is 9.49. The van der Waals surface area contributed by atoms with Gasteiger partial charge in [0, 0.05) is 5.92 Å². The largest absolute Gasteiger partial charge is 0.449 e. The third-order valence-corrected chi connectivity index (χ3v) is 6.69. The summed E-state index contributed by atoms with van der Waals surface area (Å²) < 4.78 is 5.75. The van der Waals surface area contributed by atoms with E-state index in [0.717, 1.165) is 12.3 Å². The average molecular weight is 412 g/mol. The maximum atomic E-state index is 5.75. The van der Waals surface area contributed by atoms with Crippen LogP contribution in [0.15, 0.2) is 47.2 Å². The van der Waals surface area contributed by atoms with Gasteiger partial charge in [-0.3, -0.25) is 0 Å². The van der Waals surface area contributed by atoms with Gasteiger partial charge in [-0.2, -0.15) is 0 Å². The van der Waals surface area contributed by atoms with Gasteiger partial charge in [-0.15, -0.1) is 0 Å². The molecular weight excluding hydrogens is 366 g/mol. The lowest BCUT2D eigenvalue weighted by atomic mass is 9.81. The Balaban J connectivity index is 1.67. The molecule has 1 aromatic carbocycles.